The van der Waals surface area contributed by atoms with Gasteiger partial charge in [0.05, 0.1) is 19.8 Å². The molecule has 0 aliphatic heterocycles. The van der Waals surface area contributed by atoms with Gasteiger partial charge in [-0.1, -0.05) is 11.2 Å². The Morgan fingerprint density at radius 2 is 1.94 bits per heavy atom. The van der Waals surface area contributed by atoms with Crippen LogP contribution in [0.3, 0.4) is 0 Å². The first-order chi connectivity index (χ1) is 15.9. The topological polar surface area (TPSA) is 95.4 Å². The molecular formula is C23H22F2N4O4. The quantitative estimate of drug-likeness (QED) is 0.410. The van der Waals surface area contributed by atoms with E-state index in [4.69, 9.17) is 14.0 Å². The van der Waals surface area contributed by atoms with Crippen LogP contribution in [0.1, 0.15) is 18.2 Å². The van der Waals surface area contributed by atoms with Gasteiger partial charge in [0.15, 0.2) is 5.76 Å². The van der Waals surface area contributed by atoms with Crippen molar-refractivity contribution >= 4 is 0 Å². The van der Waals surface area contributed by atoms with Crippen LogP contribution >= 0.6 is 0 Å². The monoisotopic (exact) mass is 456 g/mol. The zero-order valence-electron chi connectivity index (χ0n) is 18.0. The molecule has 4 aromatic rings. The van der Waals surface area contributed by atoms with Crippen molar-refractivity contribution in [2.24, 2.45) is 0 Å². The van der Waals surface area contributed by atoms with Crippen LogP contribution in [0, 0.1) is 11.6 Å². The second-order valence-electron chi connectivity index (χ2n) is 7.50. The Bertz CT molecular complexity index is 1200. The van der Waals surface area contributed by atoms with E-state index in [-0.39, 0.29) is 18.7 Å². The minimum Gasteiger partial charge on any atom is -0.497 e. The molecule has 8 nitrogen and oxygen atoms in total. The number of hydrogen-bond acceptors (Lipinski definition) is 7. The van der Waals surface area contributed by atoms with Crippen LogP contribution in [0.15, 0.2) is 65.7 Å². The molecule has 2 heterocycles. The van der Waals surface area contributed by atoms with E-state index in [0.717, 1.165) is 17.4 Å². The van der Waals surface area contributed by atoms with Crippen molar-refractivity contribution in [3.63, 3.8) is 0 Å². The normalized spacial score (nSPS) is 14.1. The molecule has 0 unspecified atom stereocenters. The summed E-state index contributed by atoms with van der Waals surface area (Å²) in [7, 11) is 1.59. The average molecular weight is 456 g/mol. The molecule has 0 saturated heterocycles. The third-order valence-corrected chi connectivity index (χ3v) is 5.36. The van der Waals surface area contributed by atoms with E-state index in [1.54, 1.807) is 20.1 Å². The Hall–Kier alpha value is -3.63. The fourth-order valence-corrected chi connectivity index (χ4v) is 3.46. The summed E-state index contributed by atoms with van der Waals surface area (Å²) in [6.45, 7) is 1.39. The maximum Gasteiger partial charge on any atom is 0.163 e. The first-order valence-electron chi connectivity index (χ1n) is 10.1. The SMILES string of the molecule is COc1ccc(-c2cc(CO[C@H](C)[C@](O)(Cn3cncn3)c3ccc(F)cc3F)on2)cc1. The highest BCUT2D eigenvalue weighted by Gasteiger charge is 2.40. The second-order valence-corrected chi connectivity index (χ2v) is 7.50. The molecule has 0 spiro atoms. The molecule has 2 aromatic heterocycles. The molecule has 0 fully saturated rings. The van der Waals surface area contributed by atoms with Crippen LogP contribution in [0.5, 0.6) is 5.75 Å². The molecule has 2 atom stereocenters. The number of nitrogens with zero attached hydrogens (tertiary/aromatic N) is 4. The highest BCUT2D eigenvalue weighted by Crippen LogP contribution is 2.32. The Kier molecular flexibility index (Phi) is 6.47. The predicted molar refractivity (Wildman–Crippen MR) is 113 cm³/mol. The second kappa shape index (κ2) is 9.47. The minimum absolute atomic E-state index is 0.0349. The van der Waals surface area contributed by atoms with Crippen LogP contribution in [0.25, 0.3) is 11.3 Å². The maximum absolute atomic E-state index is 14.6. The van der Waals surface area contributed by atoms with Crippen LogP contribution in [0.4, 0.5) is 8.78 Å². The molecule has 172 valence electrons. The van der Waals surface area contributed by atoms with Gasteiger partial charge in [0.1, 0.15) is 47.9 Å². The van der Waals surface area contributed by atoms with E-state index in [1.807, 2.05) is 24.3 Å². The number of halogens is 2. The molecule has 0 bridgehead atoms. The number of rotatable bonds is 9. The number of hydrogen-bond donors (Lipinski definition) is 1. The summed E-state index contributed by atoms with van der Waals surface area (Å²) < 4.78 is 45.8. The molecule has 0 radical (unpaired) electrons. The number of ether oxygens (including phenoxy) is 2. The highest BCUT2D eigenvalue weighted by molar-refractivity contribution is 5.59. The Morgan fingerprint density at radius 3 is 2.61 bits per heavy atom. The van der Waals surface area contributed by atoms with E-state index >= 15 is 0 Å². The van der Waals surface area contributed by atoms with Gasteiger partial charge in [-0.25, -0.2) is 18.4 Å². The summed E-state index contributed by atoms with van der Waals surface area (Å²) >= 11 is 0. The van der Waals surface area contributed by atoms with Gasteiger partial charge in [-0.3, -0.25) is 0 Å². The molecule has 2 aromatic carbocycles. The number of methoxy groups -OCH3 is 1. The van der Waals surface area contributed by atoms with Crippen LogP contribution in [-0.4, -0.2) is 38.2 Å². The third kappa shape index (κ3) is 4.91. The molecule has 0 aliphatic rings. The average Bonchev–Trinajstić information content (AvgIpc) is 3.49. The highest BCUT2D eigenvalue weighted by atomic mass is 19.1. The Balaban J connectivity index is 1.52. The van der Waals surface area contributed by atoms with Crippen LogP contribution in [-0.2, 0) is 23.5 Å². The van der Waals surface area contributed by atoms with E-state index in [9.17, 15) is 13.9 Å². The van der Waals surface area contributed by atoms with Gasteiger partial charge in [-0.15, -0.1) is 0 Å². The molecule has 0 saturated carbocycles. The van der Waals surface area contributed by atoms with Crippen LogP contribution in [0.2, 0.25) is 0 Å². The maximum atomic E-state index is 14.6. The van der Waals surface area contributed by atoms with E-state index in [1.165, 1.54) is 23.4 Å². The fraction of sp³-hybridized carbons (Fsp3) is 0.261. The molecule has 10 heteroatoms. The first-order valence-corrected chi connectivity index (χ1v) is 10.1. The zero-order chi connectivity index (χ0) is 23.4. The standard InChI is InChI=1S/C23H22F2N4O4/c1-15(32-11-19-10-22(28-33-19)16-3-6-18(31-2)7-4-16)23(30,12-29-14-26-13-27-29)20-8-5-17(24)9-21(20)25/h3-10,13-15,30H,11-12H2,1-2H3/t15-,23-/m1/s1. The molecule has 0 amide bonds. The summed E-state index contributed by atoms with van der Waals surface area (Å²) in [4.78, 5) is 3.85. The number of aliphatic hydroxyl groups is 1. The molecular weight excluding hydrogens is 434 g/mol. The summed E-state index contributed by atoms with van der Waals surface area (Å²) in [5.41, 5.74) is -0.561. The van der Waals surface area contributed by atoms with Gasteiger partial charge >= 0.3 is 0 Å². The summed E-state index contributed by atoms with van der Waals surface area (Å²) in [6, 6.07) is 12.0. The lowest BCUT2D eigenvalue weighted by Gasteiger charge is -2.34. The van der Waals surface area contributed by atoms with Crippen molar-refractivity contribution in [3.8, 4) is 17.0 Å². The molecule has 4 rings (SSSR count). The van der Waals surface area contributed by atoms with Crippen molar-refractivity contribution in [2.45, 2.75) is 31.8 Å². The van der Waals surface area contributed by atoms with E-state index < -0.39 is 23.3 Å². The zero-order valence-corrected chi connectivity index (χ0v) is 18.0. The summed E-state index contributed by atoms with van der Waals surface area (Å²) in [5, 5.41) is 19.5. The van der Waals surface area contributed by atoms with Crippen molar-refractivity contribution in [2.75, 3.05) is 7.11 Å². The smallest absolute Gasteiger partial charge is 0.163 e. The fourth-order valence-electron chi connectivity index (χ4n) is 3.46. The Labute approximate surface area is 188 Å². The largest absolute Gasteiger partial charge is 0.497 e. The molecule has 0 aliphatic carbocycles. The molecule has 33 heavy (non-hydrogen) atoms. The summed E-state index contributed by atoms with van der Waals surface area (Å²) in [5.74, 6) is -0.509. The van der Waals surface area contributed by atoms with Crippen LogP contribution < -0.4 is 4.74 Å². The van der Waals surface area contributed by atoms with Gasteiger partial charge in [0.2, 0.25) is 0 Å². The predicted octanol–water partition coefficient (Wildman–Crippen LogP) is 3.71. The van der Waals surface area contributed by atoms with Gasteiger partial charge in [0, 0.05) is 23.3 Å². The lowest BCUT2D eigenvalue weighted by Crippen LogP contribution is -2.44. The third-order valence-electron chi connectivity index (χ3n) is 5.36. The van der Waals surface area contributed by atoms with Gasteiger partial charge < -0.3 is 19.1 Å². The van der Waals surface area contributed by atoms with E-state index in [0.29, 0.717) is 17.5 Å². The van der Waals surface area contributed by atoms with Gasteiger partial charge in [-0.2, -0.15) is 5.10 Å². The summed E-state index contributed by atoms with van der Waals surface area (Å²) in [6.07, 6.45) is 1.75. The van der Waals surface area contributed by atoms with Gasteiger partial charge in [-0.05, 0) is 37.3 Å². The molecule has 1 N–H and O–H groups in total. The number of benzene rings is 2. The van der Waals surface area contributed by atoms with Gasteiger partial charge in [0.25, 0.3) is 0 Å². The lowest BCUT2D eigenvalue weighted by molar-refractivity contribution is -0.126. The first kappa shape index (κ1) is 22.6. The lowest BCUT2D eigenvalue weighted by atomic mass is 9.88. The number of aromatic nitrogens is 4. The Morgan fingerprint density at radius 1 is 1.15 bits per heavy atom. The van der Waals surface area contributed by atoms with E-state index in [2.05, 4.69) is 15.2 Å². The van der Waals surface area contributed by atoms with Crippen molar-refractivity contribution in [3.05, 3.63) is 84.1 Å². The van der Waals surface area contributed by atoms with Crippen molar-refractivity contribution < 1.29 is 27.9 Å². The van der Waals surface area contributed by atoms with Crippen molar-refractivity contribution in [1.82, 2.24) is 19.9 Å². The minimum atomic E-state index is -1.87. The van der Waals surface area contributed by atoms with Crippen molar-refractivity contribution in [1.29, 1.82) is 0 Å².